The fourth-order valence-electron chi connectivity index (χ4n) is 2.42. The van der Waals surface area contributed by atoms with Crippen LogP contribution in [0.5, 0.6) is 0 Å². The number of nitrogens with two attached hydrogens (primary N) is 1. The summed E-state index contributed by atoms with van der Waals surface area (Å²) in [5.74, 6) is 0.255. The summed E-state index contributed by atoms with van der Waals surface area (Å²) in [5.41, 5.74) is 5.44. The molecule has 1 amide bonds. The first-order valence-electron chi connectivity index (χ1n) is 6.93. The average molecular weight is 330 g/mol. The Morgan fingerprint density at radius 2 is 2.05 bits per heavy atom. The third kappa shape index (κ3) is 7.09. The lowest BCUT2D eigenvalue weighted by Gasteiger charge is -2.41. The lowest BCUT2D eigenvalue weighted by atomic mass is 10.1. The number of nitrogens with zero attached hydrogens (tertiary/aromatic N) is 2. The molecule has 5 nitrogen and oxygen atoms in total. The number of hydrogen-bond donors (Lipinski definition) is 1. The fourth-order valence-corrected chi connectivity index (χ4v) is 2.42. The molecule has 7 heteroatoms. The van der Waals surface area contributed by atoms with Gasteiger partial charge in [-0.05, 0) is 19.4 Å². The summed E-state index contributed by atoms with van der Waals surface area (Å²) in [7, 11) is 1.73. The van der Waals surface area contributed by atoms with Crippen molar-refractivity contribution < 1.29 is 9.53 Å². The Labute approximate surface area is 135 Å². The number of ether oxygens (including phenoxy) is 1. The third-order valence-corrected chi connectivity index (χ3v) is 3.61. The van der Waals surface area contributed by atoms with Crippen molar-refractivity contribution >= 4 is 30.7 Å². The van der Waals surface area contributed by atoms with E-state index < -0.39 is 0 Å². The molecule has 1 unspecified atom stereocenters. The van der Waals surface area contributed by atoms with E-state index in [1.807, 2.05) is 4.90 Å². The highest BCUT2D eigenvalue weighted by molar-refractivity contribution is 5.85. The molecule has 0 radical (unpaired) electrons. The van der Waals surface area contributed by atoms with Gasteiger partial charge in [-0.2, -0.15) is 0 Å². The molecular formula is C13H29Cl2N3O2. The molecule has 1 aliphatic rings. The number of hydrogen-bond acceptors (Lipinski definition) is 4. The molecule has 2 N–H and O–H groups in total. The molecule has 0 bridgehead atoms. The number of carbonyl (C=O) groups excluding carboxylic acids is 1. The van der Waals surface area contributed by atoms with E-state index in [4.69, 9.17) is 10.5 Å². The van der Waals surface area contributed by atoms with Crippen molar-refractivity contribution in [2.24, 2.45) is 5.73 Å². The van der Waals surface area contributed by atoms with Crippen LogP contribution in [-0.4, -0.2) is 68.2 Å². The zero-order chi connectivity index (χ0) is 13.4. The van der Waals surface area contributed by atoms with Crippen molar-refractivity contribution in [3.8, 4) is 0 Å². The highest BCUT2D eigenvalue weighted by atomic mass is 35.5. The van der Waals surface area contributed by atoms with E-state index in [0.717, 1.165) is 45.6 Å². The van der Waals surface area contributed by atoms with Gasteiger partial charge in [0.25, 0.3) is 0 Å². The summed E-state index contributed by atoms with van der Waals surface area (Å²) in [6.45, 7) is 7.13. The van der Waals surface area contributed by atoms with Crippen LogP contribution in [0.1, 0.15) is 26.2 Å². The standard InChI is InChI=1S/C13H27N3O2.2ClH/c1-3-12-11-16(13(17)5-4-6-14)8-7-15(12)9-10-18-2;;/h12H,3-11,14H2,1-2H3;2*1H. The zero-order valence-corrected chi connectivity index (χ0v) is 14.2. The Kier molecular flexibility index (Phi) is 14.1. The predicted octanol–water partition coefficient (Wildman–Crippen LogP) is 1.14. The molecule has 20 heavy (non-hydrogen) atoms. The molecule has 1 atom stereocenters. The van der Waals surface area contributed by atoms with Crippen molar-refractivity contribution in [2.45, 2.75) is 32.2 Å². The van der Waals surface area contributed by atoms with E-state index in [9.17, 15) is 4.79 Å². The van der Waals surface area contributed by atoms with E-state index in [1.165, 1.54) is 0 Å². The molecule has 1 fully saturated rings. The quantitative estimate of drug-likeness (QED) is 0.760. The van der Waals surface area contributed by atoms with E-state index >= 15 is 0 Å². The van der Waals surface area contributed by atoms with Crippen molar-refractivity contribution in [3.63, 3.8) is 0 Å². The van der Waals surface area contributed by atoms with E-state index in [-0.39, 0.29) is 30.7 Å². The maximum atomic E-state index is 12.0. The van der Waals surface area contributed by atoms with E-state index in [1.54, 1.807) is 7.11 Å². The van der Waals surface area contributed by atoms with Crippen LogP contribution in [0.25, 0.3) is 0 Å². The first-order chi connectivity index (χ1) is 8.72. The van der Waals surface area contributed by atoms with Crippen LogP contribution < -0.4 is 5.73 Å². The number of halogens is 2. The van der Waals surface area contributed by atoms with E-state index in [0.29, 0.717) is 19.0 Å². The molecular weight excluding hydrogens is 301 g/mol. The lowest BCUT2D eigenvalue weighted by molar-refractivity contribution is -0.134. The molecule has 0 spiro atoms. The van der Waals surface area contributed by atoms with Crippen molar-refractivity contribution in [1.29, 1.82) is 0 Å². The van der Waals surface area contributed by atoms with Crippen LogP contribution in [0.2, 0.25) is 0 Å². The monoisotopic (exact) mass is 329 g/mol. The summed E-state index contributed by atoms with van der Waals surface area (Å²) in [5, 5.41) is 0. The predicted molar refractivity (Wildman–Crippen MR) is 86.9 cm³/mol. The maximum Gasteiger partial charge on any atom is 0.222 e. The van der Waals surface area contributed by atoms with Crippen LogP contribution in [0, 0.1) is 0 Å². The van der Waals surface area contributed by atoms with Gasteiger partial charge in [0.15, 0.2) is 0 Å². The van der Waals surface area contributed by atoms with Crippen LogP contribution in [0.3, 0.4) is 0 Å². The Balaban J connectivity index is 0. The van der Waals surface area contributed by atoms with Gasteiger partial charge in [-0.15, -0.1) is 24.8 Å². The fraction of sp³-hybridized carbons (Fsp3) is 0.923. The largest absolute Gasteiger partial charge is 0.383 e. The topological polar surface area (TPSA) is 58.8 Å². The Morgan fingerprint density at radius 1 is 1.35 bits per heavy atom. The second-order valence-corrected chi connectivity index (χ2v) is 4.82. The highest BCUT2D eigenvalue weighted by Crippen LogP contribution is 2.13. The zero-order valence-electron chi connectivity index (χ0n) is 12.5. The van der Waals surface area contributed by atoms with Gasteiger partial charge < -0.3 is 15.4 Å². The summed E-state index contributed by atoms with van der Waals surface area (Å²) in [6.07, 6.45) is 2.45. The molecule has 0 aliphatic carbocycles. The second-order valence-electron chi connectivity index (χ2n) is 4.82. The smallest absolute Gasteiger partial charge is 0.222 e. The summed E-state index contributed by atoms with van der Waals surface area (Å²) in [6, 6.07) is 0.468. The van der Waals surface area contributed by atoms with Gasteiger partial charge in [-0.25, -0.2) is 0 Å². The third-order valence-electron chi connectivity index (χ3n) is 3.61. The minimum atomic E-state index is 0. The van der Waals surface area contributed by atoms with Crippen LogP contribution in [0.15, 0.2) is 0 Å². The second kappa shape index (κ2) is 12.7. The van der Waals surface area contributed by atoms with Crippen LogP contribution in [-0.2, 0) is 9.53 Å². The number of amides is 1. The van der Waals surface area contributed by atoms with Gasteiger partial charge in [-0.3, -0.25) is 9.69 Å². The van der Waals surface area contributed by atoms with Gasteiger partial charge in [-0.1, -0.05) is 6.92 Å². The van der Waals surface area contributed by atoms with Crippen molar-refractivity contribution in [1.82, 2.24) is 9.80 Å². The molecule has 0 aromatic carbocycles. The number of piperazine rings is 1. The molecule has 122 valence electrons. The number of methoxy groups -OCH3 is 1. The van der Waals surface area contributed by atoms with Gasteiger partial charge in [0.05, 0.1) is 6.61 Å². The first kappa shape index (κ1) is 22.2. The summed E-state index contributed by atoms with van der Waals surface area (Å²) < 4.78 is 5.13. The molecule has 1 aliphatic heterocycles. The minimum Gasteiger partial charge on any atom is -0.383 e. The molecule has 1 rings (SSSR count). The summed E-state index contributed by atoms with van der Waals surface area (Å²) in [4.78, 5) is 16.4. The lowest BCUT2D eigenvalue weighted by Crippen LogP contribution is -2.55. The maximum absolute atomic E-state index is 12.0. The van der Waals surface area contributed by atoms with Crippen molar-refractivity contribution in [2.75, 3.05) is 46.4 Å². The average Bonchev–Trinajstić information content (AvgIpc) is 2.42. The van der Waals surface area contributed by atoms with Crippen LogP contribution >= 0.6 is 24.8 Å². The SMILES string of the molecule is CCC1CN(C(=O)CCCN)CCN1CCOC.Cl.Cl. The number of rotatable bonds is 7. The highest BCUT2D eigenvalue weighted by Gasteiger charge is 2.27. The molecule has 0 saturated carbocycles. The van der Waals surface area contributed by atoms with Gasteiger partial charge in [0.2, 0.25) is 5.91 Å². The van der Waals surface area contributed by atoms with Crippen LogP contribution in [0.4, 0.5) is 0 Å². The molecule has 1 heterocycles. The molecule has 0 aromatic rings. The van der Waals surface area contributed by atoms with Gasteiger partial charge in [0, 0.05) is 45.8 Å². The normalized spacial score (nSPS) is 19.1. The summed E-state index contributed by atoms with van der Waals surface area (Å²) >= 11 is 0. The Hall–Kier alpha value is -0.0700. The number of carbonyl (C=O) groups is 1. The van der Waals surface area contributed by atoms with Gasteiger partial charge in [0.1, 0.15) is 0 Å². The minimum absolute atomic E-state index is 0. The van der Waals surface area contributed by atoms with E-state index in [2.05, 4.69) is 11.8 Å². The van der Waals surface area contributed by atoms with Gasteiger partial charge >= 0.3 is 0 Å². The first-order valence-corrected chi connectivity index (χ1v) is 6.93. The Bertz CT molecular complexity index is 258. The molecule has 1 saturated heterocycles. The molecule has 0 aromatic heterocycles. The Morgan fingerprint density at radius 3 is 2.60 bits per heavy atom. The van der Waals surface area contributed by atoms with Crippen molar-refractivity contribution in [3.05, 3.63) is 0 Å².